The van der Waals surface area contributed by atoms with Crippen LogP contribution in [0.2, 0.25) is 0 Å². The summed E-state index contributed by atoms with van der Waals surface area (Å²) in [5, 5.41) is 13.4. The summed E-state index contributed by atoms with van der Waals surface area (Å²) in [7, 11) is 1.43. The van der Waals surface area contributed by atoms with E-state index in [4.69, 9.17) is 14.7 Å². The van der Waals surface area contributed by atoms with Gasteiger partial charge in [0.1, 0.15) is 0 Å². The van der Waals surface area contributed by atoms with Gasteiger partial charge in [0.05, 0.1) is 18.7 Å². The number of amides is 3. The fraction of sp³-hybridized carbons (Fsp3) is 0.357. The number of ether oxygens (including phenoxy) is 2. The van der Waals surface area contributed by atoms with Gasteiger partial charge in [-0.3, -0.25) is 10.1 Å². The van der Waals surface area contributed by atoms with Crippen LogP contribution in [0.5, 0.6) is 11.5 Å². The van der Waals surface area contributed by atoms with Gasteiger partial charge in [-0.1, -0.05) is 0 Å². The number of imide groups is 1. The molecule has 1 aromatic carbocycles. The van der Waals surface area contributed by atoms with Gasteiger partial charge in [0.25, 0.3) is 5.91 Å². The summed E-state index contributed by atoms with van der Waals surface area (Å²) < 4.78 is 10.6. The average Bonchev–Trinajstić information content (AvgIpc) is 2.47. The molecule has 1 atom stereocenters. The van der Waals surface area contributed by atoms with Crippen molar-refractivity contribution in [2.75, 3.05) is 13.7 Å². The van der Waals surface area contributed by atoms with Crippen LogP contribution < -0.4 is 20.1 Å². The van der Waals surface area contributed by atoms with Crippen LogP contribution in [0.3, 0.4) is 0 Å². The van der Waals surface area contributed by atoms with Crippen molar-refractivity contribution in [3.8, 4) is 17.6 Å². The van der Waals surface area contributed by atoms with Crippen molar-refractivity contribution in [2.24, 2.45) is 0 Å². The first kappa shape index (κ1) is 16.3. The lowest BCUT2D eigenvalue weighted by molar-refractivity contribution is -0.126. The molecule has 3 amide bonds. The maximum Gasteiger partial charge on any atom is 0.321 e. The third-order valence-corrected chi connectivity index (χ3v) is 2.54. The predicted molar refractivity (Wildman–Crippen MR) is 75.0 cm³/mol. The van der Waals surface area contributed by atoms with Gasteiger partial charge in [-0.15, -0.1) is 0 Å². The van der Waals surface area contributed by atoms with E-state index >= 15 is 0 Å². The Labute approximate surface area is 122 Å². The second-order valence-corrected chi connectivity index (χ2v) is 4.09. The number of methoxy groups -OCH3 is 1. The second kappa shape index (κ2) is 7.75. The fourth-order valence-electron chi connectivity index (χ4n) is 1.50. The Balaban J connectivity index is 2.74. The van der Waals surface area contributed by atoms with Crippen LogP contribution in [0.25, 0.3) is 0 Å². The number of nitrogens with one attached hydrogen (secondary N) is 2. The molecule has 0 aliphatic rings. The molecule has 0 saturated carbocycles. The van der Waals surface area contributed by atoms with Gasteiger partial charge >= 0.3 is 6.03 Å². The minimum Gasteiger partial charge on any atom is -0.493 e. The van der Waals surface area contributed by atoms with Gasteiger partial charge in [-0.25, -0.2) is 4.79 Å². The molecule has 0 spiro atoms. The lowest BCUT2D eigenvalue weighted by Crippen LogP contribution is -2.45. The van der Waals surface area contributed by atoms with Crippen molar-refractivity contribution in [2.45, 2.75) is 20.0 Å². The zero-order chi connectivity index (χ0) is 15.8. The van der Waals surface area contributed by atoms with Crippen LogP contribution >= 0.6 is 0 Å². The zero-order valence-electron chi connectivity index (χ0n) is 12.1. The van der Waals surface area contributed by atoms with E-state index in [0.29, 0.717) is 23.6 Å². The molecular formula is C14H17N3O4. The molecule has 0 aliphatic heterocycles. The van der Waals surface area contributed by atoms with E-state index in [-0.39, 0.29) is 0 Å². The lowest BCUT2D eigenvalue weighted by Gasteiger charge is -2.16. The summed E-state index contributed by atoms with van der Waals surface area (Å²) in [5.74, 6) is 0.0779. The van der Waals surface area contributed by atoms with E-state index in [1.54, 1.807) is 13.0 Å². The summed E-state index contributed by atoms with van der Waals surface area (Å²) in [6.45, 7) is 3.66. The number of nitrogens with zero attached hydrogens (tertiary/aromatic N) is 1. The summed E-state index contributed by atoms with van der Waals surface area (Å²) in [6.07, 6.45) is -0.894. The van der Waals surface area contributed by atoms with Gasteiger partial charge < -0.3 is 14.8 Å². The van der Waals surface area contributed by atoms with E-state index < -0.39 is 18.0 Å². The van der Waals surface area contributed by atoms with Crippen molar-refractivity contribution < 1.29 is 19.1 Å². The van der Waals surface area contributed by atoms with E-state index in [0.717, 1.165) is 0 Å². The lowest BCUT2D eigenvalue weighted by atomic mass is 10.2. The Morgan fingerprint density at radius 1 is 1.38 bits per heavy atom. The minimum atomic E-state index is -0.894. The Morgan fingerprint density at radius 3 is 2.67 bits per heavy atom. The first-order chi connectivity index (χ1) is 10.0. The van der Waals surface area contributed by atoms with E-state index in [9.17, 15) is 9.59 Å². The van der Waals surface area contributed by atoms with Gasteiger partial charge in [0, 0.05) is 12.6 Å². The Kier molecular flexibility index (Phi) is 6.01. The van der Waals surface area contributed by atoms with Crippen LogP contribution in [0, 0.1) is 11.3 Å². The molecule has 0 fully saturated rings. The van der Waals surface area contributed by atoms with Crippen molar-refractivity contribution in [3.05, 3.63) is 23.8 Å². The number of urea groups is 1. The highest BCUT2D eigenvalue weighted by Gasteiger charge is 2.19. The van der Waals surface area contributed by atoms with E-state index in [1.807, 2.05) is 6.07 Å². The van der Waals surface area contributed by atoms with Gasteiger partial charge in [-0.2, -0.15) is 5.26 Å². The second-order valence-electron chi connectivity index (χ2n) is 4.09. The molecule has 21 heavy (non-hydrogen) atoms. The van der Waals surface area contributed by atoms with Gasteiger partial charge in [0.2, 0.25) is 0 Å². The zero-order valence-corrected chi connectivity index (χ0v) is 12.1. The molecule has 2 N–H and O–H groups in total. The smallest absolute Gasteiger partial charge is 0.321 e. The first-order valence-electron chi connectivity index (χ1n) is 6.35. The molecule has 0 aromatic heterocycles. The third-order valence-electron chi connectivity index (χ3n) is 2.54. The number of hydrogen-bond donors (Lipinski definition) is 2. The third kappa shape index (κ3) is 4.69. The summed E-state index contributed by atoms with van der Waals surface area (Å²) in [6, 6.07) is 5.99. The standard InChI is InChI=1S/C14H17N3O4/c1-4-16-14(19)17-13(18)9(2)21-11-6-5-10(8-15)7-12(11)20-3/h5-7,9H,4H2,1-3H3,(H2,16,17,18,19)/t9-/m1/s1. The molecule has 0 aliphatic carbocycles. The first-order valence-corrected chi connectivity index (χ1v) is 6.35. The number of hydrogen-bond acceptors (Lipinski definition) is 5. The number of rotatable bonds is 5. The Morgan fingerprint density at radius 2 is 2.10 bits per heavy atom. The molecule has 1 aromatic rings. The number of benzene rings is 1. The predicted octanol–water partition coefficient (Wildman–Crippen LogP) is 1.18. The van der Waals surface area contributed by atoms with Crippen LogP contribution in [0.15, 0.2) is 18.2 Å². The van der Waals surface area contributed by atoms with Crippen molar-refractivity contribution in [3.63, 3.8) is 0 Å². The fourth-order valence-corrected chi connectivity index (χ4v) is 1.50. The normalized spacial score (nSPS) is 11.0. The number of carbonyl (C=O) groups is 2. The highest BCUT2D eigenvalue weighted by atomic mass is 16.5. The quantitative estimate of drug-likeness (QED) is 0.848. The average molecular weight is 291 g/mol. The van der Waals surface area contributed by atoms with Crippen LogP contribution in [0.1, 0.15) is 19.4 Å². The van der Waals surface area contributed by atoms with E-state index in [2.05, 4.69) is 10.6 Å². The molecule has 0 bridgehead atoms. The molecular weight excluding hydrogens is 274 g/mol. The highest BCUT2D eigenvalue weighted by molar-refractivity contribution is 5.96. The Bertz CT molecular complexity index is 566. The van der Waals surface area contributed by atoms with Crippen molar-refractivity contribution >= 4 is 11.9 Å². The number of nitriles is 1. The number of carbonyl (C=O) groups excluding carboxylic acids is 2. The molecule has 1 rings (SSSR count). The molecule has 0 radical (unpaired) electrons. The summed E-state index contributed by atoms with van der Waals surface area (Å²) in [4.78, 5) is 23.0. The largest absolute Gasteiger partial charge is 0.493 e. The van der Waals surface area contributed by atoms with Crippen molar-refractivity contribution in [1.82, 2.24) is 10.6 Å². The summed E-state index contributed by atoms with van der Waals surface area (Å²) in [5.41, 5.74) is 0.415. The van der Waals surface area contributed by atoms with Crippen LogP contribution in [-0.4, -0.2) is 31.7 Å². The molecule has 0 unspecified atom stereocenters. The minimum absolute atomic E-state index is 0.315. The molecule has 0 heterocycles. The van der Waals surface area contributed by atoms with E-state index in [1.165, 1.54) is 26.2 Å². The van der Waals surface area contributed by atoms with Crippen LogP contribution in [0.4, 0.5) is 4.79 Å². The Hall–Kier alpha value is -2.75. The molecule has 7 heteroatoms. The molecule has 0 saturated heterocycles. The van der Waals surface area contributed by atoms with Gasteiger partial charge in [-0.05, 0) is 26.0 Å². The molecule has 112 valence electrons. The maximum absolute atomic E-state index is 11.8. The topological polar surface area (TPSA) is 100 Å². The maximum atomic E-state index is 11.8. The van der Waals surface area contributed by atoms with Crippen LogP contribution in [-0.2, 0) is 4.79 Å². The highest BCUT2D eigenvalue weighted by Crippen LogP contribution is 2.28. The van der Waals surface area contributed by atoms with Crippen molar-refractivity contribution in [1.29, 1.82) is 5.26 Å². The van der Waals surface area contributed by atoms with Gasteiger partial charge in [0.15, 0.2) is 17.6 Å². The summed E-state index contributed by atoms with van der Waals surface area (Å²) >= 11 is 0. The molecule has 7 nitrogen and oxygen atoms in total. The monoisotopic (exact) mass is 291 g/mol. The SMILES string of the molecule is CCNC(=O)NC(=O)[C@@H](C)Oc1ccc(C#N)cc1OC.